The molecular formula is C16H11FN4O3. The maximum absolute atomic E-state index is 14.1. The number of nitrogens with zero attached hydrogens (tertiary/aromatic N) is 3. The highest BCUT2D eigenvalue weighted by molar-refractivity contribution is 6.04. The van der Waals surface area contributed by atoms with Gasteiger partial charge in [-0.25, -0.2) is 9.37 Å². The van der Waals surface area contributed by atoms with Crippen LogP contribution in [0.15, 0.2) is 61.2 Å². The summed E-state index contributed by atoms with van der Waals surface area (Å²) in [4.78, 5) is 26.1. The predicted octanol–water partition coefficient (Wildman–Crippen LogP) is 3.17. The molecule has 24 heavy (non-hydrogen) atoms. The fourth-order valence-corrected chi connectivity index (χ4v) is 2.16. The minimum absolute atomic E-state index is 0.114. The van der Waals surface area contributed by atoms with Crippen LogP contribution in [0.4, 0.5) is 15.8 Å². The maximum Gasteiger partial charge on any atom is 0.270 e. The first-order valence-corrected chi connectivity index (χ1v) is 6.88. The van der Waals surface area contributed by atoms with Crippen molar-refractivity contribution < 1.29 is 14.1 Å². The van der Waals surface area contributed by atoms with Gasteiger partial charge in [-0.05, 0) is 24.3 Å². The molecule has 0 spiro atoms. The molecule has 0 saturated carbocycles. The summed E-state index contributed by atoms with van der Waals surface area (Å²) in [6.45, 7) is 0. The van der Waals surface area contributed by atoms with E-state index in [1.54, 1.807) is 6.20 Å². The molecule has 0 atom stereocenters. The van der Waals surface area contributed by atoms with Gasteiger partial charge in [0.05, 0.1) is 16.9 Å². The van der Waals surface area contributed by atoms with Crippen LogP contribution in [0.2, 0.25) is 0 Å². The van der Waals surface area contributed by atoms with Crippen molar-refractivity contribution >= 4 is 17.3 Å². The predicted molar refractivity (Wildman–Crippen MR) is 84.6 cm³/mol. The molecule has 1 heterocycles. The van der Waals surface area contributed by atoms with Gasteiger partial charge in [0.25, 0.3) is 11.6 Å². The van der Waals surface area contributed by atoms with Crippen molar-refractivity contribution in [1.82, 2.24) is 9.55 Å². The van der Waals surface area contributed by atoms with Gasteiger partial charge < -0.3 is 9.88 Å². The molecule has 0 unspecified atom stereocenters. The third-order valence-corrected chi connectivity index (χ3v) is 3.31. The molecule has 0 aliphatic carbocycles. The molecule has 3 rings (SSSR count). The molecule has 0 fully saturated rings. The number of anilines is 1. The van der Waals surface area contributed by atoms with Crippen molar-refractivity contribution in [2.24, 2.45) is 0 Å². The fraction of sp³-hybridized carbons (Fsp3) is 0. The molecule has 120 valence electrons. The van der Waals surface area contributed by atoms with E-state index in [2.05, 4.69) is 10.3 Å². The second kappa shape index (κ2) is 6.29. The number of carbonyl (C=O) groups is 1. The molecule has 0 aliphatic rings. The van der Waals surface area contributed by atoms with Crippen LogP contribution in [0, 0.1) is 15.9 Å². The Morgan fingerprint density at radius 2 is 2.08 bits per heavy atom. The Morgan fingerprint density at radius 1 is 1.25 bits per heavy atom. The van der Waals surface area contributed by atoms with Gasteiger partial charge in [-0.2, -0.15) is 0 Å². The van der Waals surface area contributed by atoms with Crippen molar-refractivity contribution in [3.8, 4) is 5.69 Å². The number of nitro groups is 1. The van der Waals surface area contributed by atoms with E-state index in [0.29, 0.717) is 5.69 Å². The molecule has 0 saturated heterocycles. The largest absolute Gasteiger partial charge is 0.322 e. The summed E-state index contributed by atoms with van der Waals surface area (Å²) in [5.41, 5.74) is 0.460. The van der Waals surface area contributed by atoms with Crippen molar-refractivity contribution in [3.05, 3.63) is 82.7 Å². The highest BCUT2D eigenvalue weighted by Gasteiger charge is 2.13. The lowest BCUT2D eigenvalue weighted by atomic mass is 10.2. The fourth-order valence-electron chi connectivity index (χ4n) is 2.16. The van der Waals surface area contributed by atoms with Crippen LogP contribution >= 0.6 is 0 Å². The summed E-state index contributed by atoms with van der Waals surface area (Å²) in [5.74, 6) is -1.10. The third-order valence-electron chi connectivity index (χ3n) is 3.31. The Labute approximate surface area is 135 Å². The number of nitrogens with one attached hydrogen (secondary N) is 1. The van der Waals surface area contributed by atoms with Gasteiger partial charge in [0.15, 0.2) is 0 Å². The Balaban J connectivity index is 1.81. The number of hydrogen-bond acceptors (Lipinski definition) is 4. The number of benzene rings is 2. The van der Waals surface area contributed by atoms with Crippen LogP contribution in [-0.2, 0) is 0 Å². The van der Waals surface area contributed by atoms with E-state index < -0.39 is 16.6 Å². The summed E-state index contributed by atoms with van der Waals surface area (Å²) in [7, 11) is 0. The van der Waals surface area contributed by atoms with E-state index in [0.717, 1.165) is 6.07 Å². The highest BCUT2D eigenvalue weighted by Crippen LogP contribution is 2.19. The first kappa shape index (κ1) is 15.3. The first-order chi connectivity index (χ1) is 11.5. The Bertz CT molecular complexity index is 909. The minimum Gasteiger partial charge on any atom is -0.322 e. The van der Waals surface area contributed by atoms with Gasteiger partial charge in [0, 0.05) is 35.8 Å². The van der Waals surface area contributed by atoms with E-state index in [1.807, 2.05) is 0 Å². The molecule has 1 aromatic heterocycles. The number of non-ortho nitro benzene ring substituents is 1. The van der Waals surface area contributed by atoms with Gasteiger partial charge in [-0.1, -0.05) is 6.07 Å². The number of carbonyl (C=O) groups excluding carboxylic acids is 1. The van der Waals surface area contributed by atoms with Gasteiger partial charge in [0.2, 0.25) is 0 Å². The second-order valence-corrected chi connectivity index (χ2v) is 4.90. The van der Waals surface area contributed by atoms with Crippen molar-refractivity contribution in [2.75, 3.05) is 5.32 Å². The average Bonchev–Trinajstić information content (AvgIpc) is 3.09. The lowest BCUT2D eigenvalue weighted by molar-refractivity contribution is -0.384. The Hall–Kier alpha value is -3.55. The SMILES string of the molecule is O=C(Nc1ccc(-n2ccnc2)c(F)c1)c1cccc([N+](=O)[O-])c1. The van der Waals surface area contributed by atoms with Gasteiger partial charge >= 0.3 is 0 Å². The zero-order valence-corrected chi connectivity index (χ0v) is 12.2. The van der Waals surface area contributed by atoms with E-state index in [1.165, 1.54) is 53.5 Å². The summed E-state index contributed by atoms with van der Waals surface area (Å²) < 4.78 is 15.6. The topological polar surface area (TPSA) is 90.1 Å². The standard InChI is InChI=1S/C16H11FN4O3/c17-14-9-12(4-5-15(14)20-7-6-18-10-20)19-16(22)11-2-1-3-13(8-11)21(23)24/h1-10H,(H,19,22). The van der Waals surface area contributed by atoms with Gasteiger partial charge in [0.1, 0.15) is 5.82 Å². The lowest BCUT2D eigenvalue weighted by Gasteiger charge is -2.08. The van der Waals surface area contributed by atoms with Crippen LogP contribution < -0.4 is 5.32 Å². The molecule has 2 aromatic carbocycles. The zero-order chi connectivity index (χ0) is 17.1. The van der Waals surface area contributed by atoms with E-state index in [-0.39, 0.29) is 16.9 Å². The maximum atomic E-state index is 14.1. The van der Waals surface area contributed by atoms with E-state index >= 15 is 0 Å². The van der Waals surface area contributed by atoms with E-state index in [9.17, 15) is 19.3 Å². The number of rotatable bonds is 4. The van der Waals surface area contributed by atoms with Gasteiger partial charge in [-0.3, -0.25) is 14.9 Å². The van der Waals surface area contributed by atoms with Gasteiger partial charge in [-0.15, -0.1) is 0 Å². The molecule has 1 amide bonds. The molecule has 8 heteroatoms. The third kappa shape index (κ3) is 3.12. The summed E-state index contributed by atoms with van der Waals surface area (Å²) in [5, 5.41) is 13.3. The molecule has 1 N–H and O–H groups in total. The Morgan fingerprint density at radius 3 is 2.75 bits per heavy atom. The Kier molecular flexibility index (Phi) is 4.02. The number of hydrogen-bond donors (Lipinski definition) is 1. The summed E-state index contributed by atoms with van der Waals surface area (Å²) in [6.07, 6.45) is 4.58. The quantitative estimate of drug-likeness (QED) is 0.589. The van der Waals surface area contributed by atoms with Crippen molar-refractivity contribution in [3.63, 3.8) is 0 Å². The van der Waals surface area contributed by atoms with Crippen LogP contribution in [-0.4, -0.2) is 20.4 Å². The molecule has 0 aliphatic heterocycles. The lowest BCUT2D eigenvalue weighted by Crippen LogP contribution is -2.12. The second-order valence-electron chi connectivity index (χ2n) is 4.90. The highest BCUT2D eigenvalue weighted by atomic mass is 19.1. The van der Waals surface area contributed by atoms with Crippen LogP contribution in [0.25, 0.3) is 5.69 Å². The smallest absolute Gasteiger partial charge is 0.270 e. The molecular weight excluding hydrogens is 315 g/mol. The summed E-state index contributed by atoms with van der Waals surface area (Å²) >= 11 is 0. The van der Waals surface area contributed by atoms with Crippen molar-refractivity contribution in [2.45, 2.75) is 0 Å². The first-order valence-electron chi connectivity index (χ1n) is 6.88. The zero-order valence-electron chi connectivity index (χ0n) is 12.2. The number of amides is 1. The van der Waals surface area contributed by atoms with Crippen LogP contribution in [0.1, 0.15) is 10.4 Å². The molecule has 0 radical (unpaired) electrons. The number of halogens is 1. The van der Waals surface area contributed by atoms with Crippen LogP contribution in [0.5, 0.6) is 0 Å². The van der Waals surface area contributed by atoms with E-state index in [4.69, 9.17) is 0 Å². The van der Waals surface area contributed by atoms with Crippen LogP contribution in [0.3, 0.4) is 0 Å². The molecule has 3 aromatic rings. The summed E-state index contributed by atoms with van der Waals surface area (Å²) in [6, 6.07) is 9.51. The molecule has 0 bridgehead atoms. The number of nitro benzene ring substituents is 1. The molecule has 7 nitrogen and oxygen atoms in total. The normalized spacial score (nSPS) is 10.4. The van der Waals surface area contributed by atoms with Crippen molar-refractivity contribution in [1.29, 1.82) is 0 Å². The average molecular weight is 326 g/mol. The number of aromatic nitrogens is 2. The minimum atomic E-state index is -0.587. The monoisotopic (exact) mass is 326 g/mol. The number of imidazole rings is 1.